The van der Waals surface area contributed by atoms with Crippen LogP contribution in [0, 0.1) is 0 Å². The van der Waals surface area contributed by atoms with Crippen LogP contribution in [-0.2, 0) is 11.3 Å². The number of aliphatic hydroxyl groups is 1. The van der Waals surface area contributed by atoms with E-state index in [1.807, 2.05) is 0 Å². The van der Waals surface area contributed by atoms with Gasteiger partial charge >= 0.3 is 12.0 Å². The second kappa shape index (κ2) is 6.48. The van der Waals surface area contributed by atoms with Gasteiger partial charge in [0.2, 0.25) is 0 Å². The van der Waals surface area contributed by atoms with E-state index in [-0.39, 0.29) is 5.71 Å². The Morgan fingerprint density at radius 1 is 1.20 bits per heavy atom. The summed E-state index contributed by atoms with van der Waals surface area (Å²) in [4.78, 5) is 8.08. The normalized spacial score (nSPS) is 20.3. The van der Waals surface area contributed by atoms with Crippen LogP contribution in [0.4, 0.5) is 13.2 Å². The van der Waals surface area contributed by atoms with Gasteiger partial charge in [0.05, 0.1) is 17.2 Å². The van der Waals surface area contributed by atoms with Crippen molar-refractivity contribution in [2.75, 3.05) is 0 Å². The Balaban J connectivity index is 1.74. The third-order valence-electron chi connectivity index (χ3n) is 3.74. The van der Waals surface area contributed by atoms with Crippen LogP contribution < -0.4 is 0 Å². The van der Waals surface area contributed by atoms with Crippen LogP contribution in [0.15, 0.2) is 41.7 Å². The number of oxime groups is 1. The fraction of sp³-hybridized carbons (Fsp3) is 0.250. The van der Waals surface area contributed by atoms with Crippen molar-refractivity contribution < 1.29 is 23.1 Å². The molecule has 0 spiro atoms. The van der Waals surface area contributed by atoms with Gasteiger partial charge in [0.1, 0.15) is 5.15 Å². The zero-order valence-corrected chi connectivity index (χ0v) is 14.0. The number of nitrogens with zero attached hydrogens (tertiary/aromatic N) is 2. The minimum Gasteiger partial charge on any atom is -0.350 e. The Kier molecular flexibility index (Phi) is 4.66. The van der Waals surface area contributed by atoms with Gasteiger partial charge in [-0.05, 0) is 29.2 Å². The summed E-state index contributed by atoms with van der Waals surface area (Å²) in [5.41, 5.74) is 2.11. The van der Waals surface area contributed by atoms with Crippen molar-refractivity contribution in [1.82, 2.24) is 4.98 Å². The maximum absolute atomic E-state index is 12.7. The van der Waals surface area contributed by atoms with E-state index in [0.717, 1.165) is 11.1 Å². The van der Waals surface area contributed by atoms with E-state index in [4.69, 9.17) is 23.2 Å². The molecule has 0 fully saturated rings. The quantitative estimate of drug-likeness (QED) is 0.792. The molecule has 0 radical (unpaired) electrons. The van der Waals surface area contributed by atoms with Gasteiger partial charge in [-0.15, -0.1) is 0 Å². The average Bonchev–Trinajstić information content (AvgIpc) is 2.95. The molecular formula is C16H11Cl2F3N2O2. The van der Waals surface area contributed by atoms with E-state index < -0.39 is 18.4 Å². The molecule has 1 aliphatic heterocycles. The summed E-state index contributed by atoms with van der Waals surface area (Å²) in [6.07, 6.45) is -3.75. The standard InChI is InChI=1S/C16H11Cl2F3N2O2/c17-12-8-22-14(18)6-11(12)5-9-1-3-10(4-2-9)13-7-15(24,25-23-13)16(19,20)21/h1-4,6,8,24H,5,7H2. The van der Waals surface area contributed by atoms with Crippen LogP contribution in [0.5, 0.6) is 0 Å². The lowest BCUT2D eigenvalue weighted by atomic mass is 9.99. The lowest BCUT2D eigenvalue weighted by Gasteiger charge is -2.22. The lowest BCUT2D eigenvalue weighted by Crippen LogP contribution is -2.45. The highest BCUT2D eigenvalue weighted by molar-refractivity contribution is 6.32. The summed E-state index contributed by atoms with van der Waals surface area (Å²) in [6, 6.07) is 8.32. The van der Waals surface area contributed by atoms with Crippen LogP contribution in [0.2, 0.25) is 10.2 Å². The first-order valence-electron chi connectivity index (χ1n) is 7.11. The number of pyridine rings is 1. The molecule has 1 aliphatic rings. The summed E-state index contributed by atoms with van der Waals surface area (Å²) in [5, 5.41) is 13.6. The third-order valence-corrected chi connectivity index (χ3v) is 4.29. The van der Waals surface area contributed by atoms with Gasteiger partial charge in [-0.2, -0.15) is 13.2 Å². The predicted molar refractivity (Wildman–Crippen MR) is 86.7 cm³/mol. The number of aromatic nitrogens is 1. The summed E-state index contributed by atoms with van der Waals surface area (Å²) in [7, 11) is 0. The molecule has 2 heterocycles. The van der Waals surface area contributed by atoms with E-state index in [1.165, 1.54) is 6.20 Å². The Morgan fingerprint density at radius 3 is 2.48 bits per heavy atom. The largest absolute Gasteiger partial charge is 0.458 e. The molecule has 1 N–H and O–H groups in total. The molecule has 0 bridgehead atoms. The lowest BCUT2D eigenvalue weighted by molar-refractivity contribution is -0.355. The van der Waals surface area contributed by atoms with Gasteiger partial charge in [-0.25, -0.2) is 4.98 Å². The van der Waals surface area contributed by atoms with Gasteiger partial charge in [-0.3, -0.25) is 0 Å². The molecule has 9 heteroatoms. The highest BCUT2D eigenvalue weighted by atomic mass is 35.5. The first-order chi connectivity index (χ1) is 11.7. The molecule has 0 saturated carbocycles. The number of rotatable bonds is 3. The van der Waals surface area contributed by atoms with Crippen molar-refractivity contribution in [1.29, 1.82) is 0 Å². The molecule has 0 amide bonds. The molecule has 1 aromatic heterocycles. The summed E-state index contributed by atoms with van der Waals surface area (Å²) in [5.74, 6) is -3.28. The van der Waals surface area contributed by atoms with E-state index in [9.17, 15) is 18.3 Å². The van der Waals surface area contributed by atoms with E-state index >= 15 is 0 Å². The number of alkyl halides is 3. The van der Waals surface area contributed by atoms with Gasteiger partial charge in [0.25, 0.3) is 0 Å². The third kappa shape index (κ3) is 3.73. The van der Waals surface area contributed by atoms with Crippen molar-refractivity contribution >= 4 is 28.9 Å². The van der Waals surface area contributed by atoms with E-state index in [0.29, 0.717) is 22.2 Å². The van der Waals surface area contributed by atoms with Gasteiger partial charge < -0.3 is 9.94 Å². The molecule has 132 valence electrons. The van der Waals surface area contributed by atoms with Gasteiger partial charge in [0, 0.05) is 6.20 Å². The van der Waals surface area contributed by atoms with Gasteiger partial charge in [0.15, 0.2) is 0 Å². The van der Waals surface area contributed by atoms with Crippen LogP contribution in [0.1, 0.15) is 23.1 Å². The van der Waals surface area contributed by atoms with Crippen molar-refractivity contribution in [3.63, 3.8) is 0 Å². The Bertz CT molecular complexity index is 825. The Hall–Kier alpha value is -1.83. The van der Waals surface area contributed by atoms with Gasteiger partial charge in [-0.1, -0.05) is 52.6 Å². The topological polar surface area (TPSA) is 54.7 Å². The zero-order chi connectivity index (χ0) is 18.2. The highest BCUT2D eigenvalue weighted by Crippen LogP contribution is 2.39. The monoisotopic (exact) mass is 390 g/mol. The average molecular weight is 391 g/mol. The molecule has 1 unspecified atom stereocenters. The predicted octanol–water partition coefficient (Wildman–Crippen LogP) is 4.35. The molecule has 0 saturated heterocycles. The molecule has 1 atom stereocenters. The second-order valence-corrected chi connectivity index (χ2v) is 6.35. The smallest absolute Gasteiger partial charge is 0.350 e. The maximum Gasteiger partial charge on any atom is 0.458 e. The minimum absolute atomic E-state index is 0.0244. The SMILES string of the molecule is OC1(C(F)(F)F)CC(c2ccc(Cc3cc(Cl)ncc3Cl)cc2)=NO1. The number of hydrogen-bond acceptors (Lipinski definition) is 4. The molecule has 25 heavy (non-hydrogen) atoms. The Morgan fingerprint density at radius 2 is 1.88 bits per heavy atom. The molecule has 0 aliphatic carbocycles. The fourth-order valence-electron chi connectivity index (χ4n) is 2.35. The number of hydrogen-bond donors (Lipinski definition) is 1. The van der Waals surface area contributed by atoms with E-state index in [1.54, 1.807) is 30.3 Å². The fourth-order valence-corrected chi connectivity index (χ4v) is 2.70. The number of benzene rings is 1. The minimum atomic E-state index is -4.92. The van der Waals surface area contributed by atoms with Crippen molar-refractivity contribution in [3.8, 4) is 0 Å². The van der Waals surface area contributed by atoms with Crippen LogP contribution >= 0.6 is 23.2 Å². The van der Waals surface area contributed by atoms with Crippen LogP contribution in [0.3, 0.4) is 0 Å². The first kappa shape index (κ1) is 18.0. The zero-order valence-electron chi connectivity index (χ0n) is 12.5. The summed E-state index contributed by atoms with van der Waals surface area (Å²) < 4.78 is 38.2. The van der Waals surface area contributed by atoms with Crippen LogP contribution in [0.25, 0.3) is 0 Å². The molecule has 1 aromatic carbocycles. The molecule has 4 nitrogen and oxygen atoms in total. The first-order valence-corrected chi connectivity index (χ1v) is 7.87. The summed E-state index contributed by atoms with van der Waals surface area (Å²) in [6.45, 7) is 0. The summed E-state index contributed by atoms with van der Waals surface area (Å²) >= 11 is 11.9. The van der Waals surface area contributed by atoms with E-state index in [2.05, 4.69) is 15.0 Å². The molecule has 2 aromatic rings. The number of halogens is 5. The van der Waals surface area contributed by atoms with Crippen molar-refractivity contribution in [2.24, 2.45) is 5.16 Å². The molecular weight excluding hydrogens is 380 g/mol. The van der Waals surface area contributed by atoms with Crippen molar-refractivity contribution in [2.45, 2.75) is 24.8 Å². The van der Waals surface area contributed by atoms with Crippen LogP contribution in [-0.4, -0.2) is 27.8 Å². The second-order valence-electron chi connectivity index (χ2n) is 5.56. The molecule has 3 rings (SSSR count). The maximum atomic E-state index is 12.7. The van der Waals surface area contributed by atoms with Crippen molar-refractivity contribution in [3.05, 3.63) is 63.4 Å². The highest BCUT2D eigenvalue weighted by Gasteiger charge is 2.60. The Labute approximate surface area is 150 Å².